The number of nitrogens with zero attached hydrogens (tertiary/aromatic N) is 2. The third-order valence-electron chi connectivity index (χ3n) is 3.96. The Hall–Kier alpha value is -1.71. The number of carbonyl (C=O) groups is 1. The number of sulfone groups is 1. The molecule has 0 unspecified atom stereocenters. The van der Waals surface area contributed by atoms with Gasteiger partial charge in [-0.15, -0.1) is 0 Å². The molecule has 0 spiro atoms. The van der Waals surface area contributed by atoms with Gasteiger partial charge in [-0.1, -0.05) is 19.6 Å². The molecule has 0 bridgehead atoms. The van der Waals surface area contributed by atoms with Crippen LogP contribution in [0.15, 0.2) is 29.4 Å². The summed E-state index contributed by atoms with van der Waals surface area (Å²) in [5.74, 6) is -0.850. The SMILES string of the molecule is COC(=O)CCS(=O)(=O)c1cnc2c(ccn2COCC[Si](C)(C)C)c1. The Labute approximate surface area is 155 Å². The van der Waals surface area contributed by atoms with Crippen LogP contribution in [0.25, 0.3) is 11.0 Å². The van der Waals surface area contributed by atoms with Gasteiger partial charge >= 0.3 is 5.97 Å². The van der Waals surface area contributed by atoms with E-state index in [-0.39, 0.29) is 17.1 Å². The summed E-state index contributed by atoms with van der Waals surface area (Å²) in [5.41, 5.74) is 0.671. The summed E-state index contributed by atoms with van der Waals surface area (Å²) in [6, 6.07) is 4.47. The average molecular weight is 399 g/mol. The quantitative estimate of drug-likeness (QED) is 0.367. The molecule has 2 aromatic heterocycles. The summed E-state index contributed by atoms with van der Waals surface area (Å²) < 4.78 is 36.7. The minimum atomic E-state index is -3.58. The maximum atomic E-state index is 12.3. The van der Waals surface area contributed by atoms with Gasteiger partial charge in [0, 0.05) is 32.5 Å². The second-order valence-electron chi connectivity index (χ2n) is 7.36. The maximum absolute atomic E-state index is 12.3. The highest BCUT2D eigenvalue weighted by molar-refractivity contribution is 7.91. The summed E-state index contributed by atoms with van der Waals surface area (Å²) in [5, 5.41) is 0.720. The zero-order chi connectivity index (χ0) is 19.4. The lowest BCUT2D eigenvalue weighted by atomic mass is 10.3. The highest BCUT2D eigenvalue weighted by Crippen LogP contribution is 2.20. The minimum absolute atomic E-state index is 0.103. The molecule has 2 aromatic rings. The normalized spacial score (nSPS) is 12.5. The zero-order valence-electron chi connectivity index (χ0n) is 15.7. The molecular weight excluding hydrogens is 372 g/mol. The van der Waals surface area contributed by atoms with Crippen LogP contribution in [-0.2, 0) is 30.8 Å². The van der Waals surface area contributed by atoms with E-state index >= 15 is 0 Å². The number of aromatic nitrogens is 2. The first-order valence-corrected chi connectivity index (χ1v) is 13.8. The molecule has 2 rings (SSSR count). The fraction of sp³-hybridized carbons (Fsp3) is 0.529. The third kappa shape index (κ3) is 5.65. The molecule has 0 saturated carbocycles. The number of carbonyl (C=O) groups excluding carboxylic acids is 1. The molecule has 0 N–H and O–H groups in total. The predicted molar refractivity (Wildman–Crippen MR) is 103 cm³/mol. The number of hydrogen-bond acceptors (Lipinski definition) is 6. The summed E-state index contributed by atoms with van der Waals surface area (Å²) in [6.45, 7) is 7.98. The summed E-state index contributed by atoms with van der Waals surface area (Å²) >= 11 is 0. The van der Waals surface area contributed by atoms with Crippen LogP contribution in [0.2, 0.25) is 25.7 Å². The maximum Gasteiger partial charge on any atom is 0.306 e. The van der Waals surface area contributed by atoms with Crippen molar-refractivity contribution in [3.63, 3.8) is 0 Å². The number of rotatable bonds is 9. The Kier molecular flexibility index (Phi) is 6.59. The Bertz CT molecular complexity index is 871. The van der Waals surface area contributed by atoms with Crippen LogP contribution in [0.5, 0.6) is 0 Å². The van der Waals surface area contributed by atoms with Gasteiger partial charge in [0.1, 0.15) is 12.4 Å². The van der Waals surface area contributed by atoms with Gasteiger partial charge in [-0.25, -0.2) is 13.4 Å². The number of hydrogen-bond donors (Lipinski definition) is 0. The van der Waals surface area contributed by atoms with Gasteiger partial charge in [0.05, 0.1) is 24.2 Å². The first-order chi connectivity index (χ1) is 12.1. The fourth-order valence-corrected chi connectivity index (χ4v) is 4.26. The number of ether oxygens (including phenoxy) is 2. The monoisotopic (exact) mass is 398 g/mol. The molecule has 0 radical (unpaired) electrons. The van der Waals surface area contributed by atoms with Crippen molar-refractivity contribution in [1.82, 2.24) is 9.55 Å². The lowest BCUT2D eigenvalue weighted by molar-refractivity contribution is -0.140. The van der Waals surface area contributed by atoms with E-state index in [1.54, 1.807) is 6.07 Å². The topological polar surface area (TPSA) is 87.5 Å². The molecule has 0 saturated heterocycles. The molecule has 0 atom stereocenters. The van der Waals surface area contributed by atoms with E-state index < -0.39 is 23.9 Å². The summed E-state index contributed by atoms with van der Waals surface area (Å²) in [6.07, 6.45) is 2.98. The molecule has 9 heteroatoms. The van der Waals surface area contributed by atoms with Crippen molar-refractivity contribution < 1.29 is 22.7 Å². The number of fused-ring (bicyclic) bond motifs is 1. The molecular formula is C17H26N2O5SSi. The van der Waals surface area contributed by atoms with Crippen LogP contribution in [0.1, 0.15) is 6.42 Å². The highest BCUT2D eigenvalue weighted by atomic mass is 32.2. The van der Waals surface area contributed by atoms with E-state index in [9.17, 15) is 13.2 Å². The first kappa shape index (κ1) is 20.6. The van der Waals surface area contributed by atoms with Crippen molar-refractivity contribution in [3.8, 4) is 0 Å². The van der Waals surface area contributed by atoms with Crippen molar-refractivity contribution in [2.75, 3.05) is 19.5 Å². The lowest BCUT2D eigenvalue weighted by Gasteiger charge is -2.15. The molecule has 0 fully saturated rings. The second-order valence-corrected chi connectivity index (χ2v) is 15.1. The van der Waals surface area contributed by atoms with E-state index in [1.165, 1.54) is 13.3 Å². The standard InChI is InChI=1S/C17H26N2O5SSi/c1-23-16(20)6-9-25(21,22)15-11-14-5-7-19(17(14)18-12-15)13-24-8-10-26(2,3)4/h5,7,11-12H,6,8-10,13H2,1-4H3. The molecule has 144 valence electrons. The Balaban J connectivity index is 2.07. The Morgan fingerprint density at radius 3 is 2.69 bits per heavy atom. The smallest absolute Gasteiger partial charge is 0.306 e. The average Bonchev–Trinajstić information content (AvgIpc) is 2.98. The summed E-state index contributed by atoms with van der Waals surface area (Å²) in [7, 11) is -3.48. The lowest BCUT2D eigenvalue weighted by Crippen LogP contribution is -2.22. The van der Waals surface area contributed by atoms with Gasteiger partial charge in [0.15, 0.2) is 9.84 Å². The minimum Gasteiger partial charge on any atom is -0.469 e. The van der Waals surface area contributed by atoms with Crippen LogP contribution in [0, 0.1) is 0 Å². The van der Waals surface area contributed by atoms with E-state index in [1.807, 2.05) is 16.8 Å². The largest absolute Gasteiger partial charge is 0.469 e. The van der Waals surface area contributed by atoms with Crippen molar-refractivity contribution in [3.05, 3.63) is 24.5 Å². The fourth-order valence-electron chi connectivity index (χ4n) is 2.31. The van der Waals surface area contributed by atoms with Crippen molar-refractivity contribution in [1.29, 1.82) is 0 Å². The Morgan fingerprint density at radius 2 is 2.04 bits per heavy atom. The van der Waals surface area contributed by atoms with Gasteiger partial charge in [0.25, 0.3) is 0 Å². The van der Waals surface area contributed by atoms with Gasteiger partial charge in [-0.05, 0) is 18.2 Å². The number of methoxy groups -OCH3 is 1. The van der Waals surface area contributed by atoms with Crippen LogP contribution >= 0.6 is 0 Å². The van der Waals surface area contributed by atoms with Gasteiger partial charge in [-0.2, -0.15) is 0 Å². The number of pyridine rings is 1. The molecule has 0 amide bonds. The van der Waals surface area contributed by atoms with Crippen LogP contribution in [0.4, 0.5) is 0 Å². The summed E-state index contributed by atoms with van der Waals surface area (Å²) in [4.78, 5) is 15.6. The molecule has 0 aliphatic carbocycles. The van der Waals surface area contributed by atoms with E-state index in [2.05, 4.69) is 29.4 Å². The first-order valence-electron chi connectivity index (χ1n) is 8.44. The second kappa shape index (κ2) is 8.32. The van der Waals surface area contributed by atoms with Crippen molar-refractivity contribution in [2.45, 2.75) is 43.7 Å². The van der Waals surface area contributed by atoms with Gasteiger partial charge in [-0.3, -0.25) is 4.79 Å². The molecule has 0 aliphatic heterocycles. The van der Waals surface area contributed by atoms with Crippen LogP contribution < -0.4 is 0 Å². The molecule has 7 nitrogen and oxygen atoms in total. The van der Waals surface area contributed by atoms with Crippen molar-refractivity contribution in [2.24, 2.45) is 0 Å². The van der Waals surface area contributed by atoms with Gasteiger partial charge in [0.2, 0.25) is 0 Å². The zero-order valence-corrected chi connectivity index (χ0v) is 17.5. The molecule has 26 heavy (non-hydrogen) atoms. The van der Waals surface area contributed by atoms with E-state index in [0.29, 0.717) is 19.0 Å². The highest BCUT2D eigenvalue weighted by Gasteiger charge is 2.18. The van der Waals surface area contributed by atoms with Crippen LogP contribution in [-0.4, -0.2) is 51.5 Å². The van der Waals surface area contributed by atoms with Crippen LogP contribution in [0.3, 0.4) is 0 Å². The van der Waals surface area contributed by atoms with E-state index in [0.717, 1.165) is 11.4 Å². The molecule has 0 aliphatic rings. The predicted octanol–water partition coefficient (Wildman–Crippen LogP) is 2.69. The third-order valence-corrected chi connectivity index (χ3v) is 7.35. The molecule has 0 aromatic carbocycles. The van der Waals surface area contributed by atoms with Crippen molar-refractivity contribution >= 4 is 34.9 Å². The molecule has 2 heterocycles. The number of esters is 1. The van der Waals surface area contributed by atoms with E-state index in [4.69, 9.17) is 4.74 Å². The van der Waals surface area contributed by atoms with Gasteiger partial charge < -0.3 is 14.0 Å². The Morgan fingerprint density at radius 1 is 1.31 bits per heavy atom.